The lowest BCUT2D eigenvalue weighted by molar-refractivity contribution is -0.143. The number of rotatable bonds is 7. The number of hydrogen-bond acceptors (Lipinski definition) is 4. The zero-order valence-corrected chi connectivity index (χ0v) is 10.6. The predicted molar refractivity (Wildman–Crippen MR) is 67.9 cm³/mol. The summed E-state index contributed by atoms with van der Waals surface area (Å²) in [6, 6.07) is 6.09. The molecule has 1 atom stereocenters. The van der Waals surface area contributed by atoms with Crippen LogP contribution in [0, 0.1) is 6.92 Å². The number of nitrogens with one attached hydrogen (secondary N) is 1. The van der Waals surface area contributed by atoms with Crippen LogP contribution in [0.25, 0.3) is 0 Å². The van der Waals surface area contributed by atoms with Crippen LogP contribution >= 0.6 is 0 Å². The minimum Gasteiger partial charge on any atom is -0.493 e. The van der Waals surface area contributed by atoms with Gasteiger partial charge in [-0.3, -0.25) is 4.79 Å². The Bertz CT molecular complexity index is 429. The summed E-state index contributed by atoms with van der Waals surface area (Å²) in [5.74, 6) is -1.10. The summed E-state index contributed by atoms with van der Waals surface area (Å²) >= 11 is 0. The van der Waals surface area contributed by atoms with E-state index in [4.69, 9.17) is 14.9 Å². The molecule has 104 valence electrons. The zero-order valence-electron chi connectivity index (χ0n) is 10.6. The van der Waals surface area contributed by atoms with Gasteiger partial charge in [-0.2, -0.15) is 0 Å². The minimum atomic E-state index is -1.27. The van der Waals surface area contributed by atoms with Gasteiger partial charge in [0.15, 0.2) is 0 Å². The number of hydrogen-bond donors (Lipinski definition) is 3. The number of carbonyl (C=O) groups is 2. The molecular formula is C13H17NO5. The molecule has 0 aliphatic heterocycles. The van der Waals surface area contributed by atoms with E-state index in [-0.39, 0.29) is 13.0 Å². The summed E-state index contributed by atoms with van der Waals surface area (Å²) in [5.41, 5.74) is 1.11. The molecular weight excluding hydrogens is 250 g/mol. The number of aliphatic hydroxyl groups excluding tert-OH is 1. The third kappa shape index (κ3) is 5.39. The van der Waals surface area contributed by atoms with Crippen molar-refractivity contribution >= 4 is 11.9 Å². The van der Waals surface area contributed by atoms with E-state index in [1.165, 1.54) is 0 Å². The van der Waals surface area contributed by atoms with E-state index in [9.17, 15) is 9.59 Å². The molecule has 0 aliphatic rings. The van der Waals surface area contributed by atoms with Gasteiger partial charge in [0.25, 0.3) is 0 Å². The van der Waals surface area contributed by atoms with Crippen LogP contribution in [0.3, 0.4) is 0 Å². The van der Waals surface area contributed by atoms with Crippen molar-refractivity contribution in [3.8, 4) is 5.75 Å². The Kier molecular flexibility index (Phi) is 5.81. The number of carboxylic acid groups (broad SMARTS) is 1. The molecule has 1 aromatic rings. The molecule has 0 heterocycles. The van der Waals surface area contributed by atoms with Crippen molar-refractivity contribution in [2.24, 2.45) is 0 Å². The fourth-order valence-corrected chi connectivity index (χ4v) is 1.35. The second-order valence-corrected chi connectivity index (χ2v) is 4.05. The van der Waals surface area contributed by atoms with Crippen LogP contribution in [0.1, 0.15) is 12.0 Å². The predicted octanol–water partition coefficient (Wildman–Crippen LogP) is 0.326. The van der Waals surface area contributed by atoms with Gasteiger partial charge < -0.3 is 20.3 Å². The summed E-state index contributed by atoms with van der Waals surface area (Å²) in [6.45, 7) is 1.46. The Morgan fingerprint density at radius 1 is 1.32 bits per heavy atom. The topological polar surface area (TPSA) is 95.9 Å². The average Bonchev–Trinajstić information content (AvgIpc) is 2.38. The molecule has 0 unspecified atom stereocenters. The maximum atomic E-state index is 11.4. The van der Waals surface area contributed by atoms with Gasteiger partial charge in [0, 0.05) is 0 Å². The van der Waals surface area contributed by atoms with Crippen molar-refractivity contribution < 1.29 is 24.5 Å². The van der Waals surface area contributed by atoms with Crippen molar-refractivity contribution in [2.45, 2.75) is 19.4 Å². The highest BCUT2D eigenvalue weighted by molar-refractivity contribution is 5.83. The molecule has 0 bridgehead atoms. The van der Waals surface area contributed by atoms with E-state index in [2.05, 4.69) is 5.32 Å². The molecule has 1 amide bonds. The number of ether oxygens (including phenoxy) is 1. The lowest BCUT2D eigenvalue weighted by Crippen LogP contribution is -2.43. The highest BCUT2D eigenvalue weighted by atomic mass is 16.5. The first-order chi connectivity index (χ1) is 9.02. The Morgan fingerprint density at radius 3 is 2.47 bits per heavy atom. The fraction of sp³-hybridized carbons (Fsp3) is 0.385. The normalized spacial score (nSPS) is 11.7. The largest absolute Gasteiger partial charge is 0.493 e. The molecule has 0 radical (unpaired) electrons. The van der Waals surface area contributed by atoms with E-state index in [1.54, 1.807) is 12.1 Å². The first kappa shape index (κ1) is 15.0. The van der Waals surface area contributed by atoms with E-state index in [0.717, 1.165) is 5.56 Å². The average molecular weight is 267 g/mol. The summed E-state index contributed by atoms with van der Waals surface area (Å²) in [4.78, 5) is 22.0. The van der Waals surface area contributed by atoms with Crippen LogP contribution < -0.4 is 10.1 Å². The van der Waals surface area contributed by atoms with Crippen LogP contribution in [0.4, 0.5) is 0 Å². The number of aryl methyl sites for hydroxylation is 1. The van der Waals surface area contributed by atoms with Gasteiger partial charge in [0.1, 0.15) is 11.8 Å². The number of carboxylic acids is 1. The van der Waals surface area contributed by atoms with Crippen molar-refractivity contribution in [3.63, 3.8) is 0 Å². The van der Waals surface area contributed by atoms with Crippen molar-refractivity contribution in [3.05, 3.63) is 29.8 Å². The molecule has 6 heteroatoms. The van der Waals surface area contributed by atoms with Gasteiger partial charge in [-0.25, -0.2) is 4.79 Å². The Morgan fingerprint density at radius 2 is 1.95 bits per heavy atom. The van der Waals surface area contributed by atoms with Gasteiger partial charge in [-0.05, 0) is 19.1 Å². The van der Waals surface area contributed by atoms with E-state index in [1.807, 2.05) is 19.1 Å². The SMILES string of the molecule is Cc1ccc(OCCC(=O)N[C@H](CO)C(=O)O)cc1. The Hall–Kier alpha value is -2.08. The second kappa shape index (κ2) is 7.38. The van der Waals surface area contributed by atoms with Crippen molar-refractivity contribution in [1.29, 1.82) is 0 Å². The van der Waals surface area contributed by atoms with Crippen LogP contribution in [-0.4, -0.2) is 41.3 Å². The Labute approximate surface area is 111 Å². The van der Waals surface area contributed by atoms with Crippen molar-refractivity contribution in [2.75, 3.05) is 13.2 Å². The smallest absolute Gasteiger partial charge is 0.328 e. The molecule has 3 N–H and O–H groups in total. The fourth-order valence-electron chi connectivity index (χ4n) is 1.35. The number of carbonyl (C=O) groups excluding carboxylic acids is 1. The molecule has 0 aliphatic carbocycles. The second-order valence-electron chi connectivity index (χ2n) is 4.05. The van der Waals surface area contributed by atoms with Crippen LogP contribution in [0.15, 0.2) is 24.3 Å². The highest BCUT2D eigenvalue weighted by Gasteiger charge is 2.18. The molecule has 0 saturated heterocycles. The van der Waals surface area contributed by atoms with Crippen LogP contribution in [-0.2, 0) is 9.59 Å². The zero-order chi connectivity index (χ0) is 14.3. The van der Waals surface area contributed by atoms with E-state index >= 15 is 0 Å². The molecule has 1 rings (SSSR count). The van der Waals surface area contributed by atoms with Gasteiger partial charge in [-0.15, -0.1) is 0 Å². The number of aliphatic hydroxyl groups is 1. The first-order valence-electron chi connectivity index (χ1n) is 5.85. The highest BCUT2D eigenvalue weighted by Crippen LogP contribution is 2.11. The lowest BCUT2D eigenvalue weighted by atomic mass is 10.2. The number of benzene rings is 1. The number of amides is 1. The Balaban J connectivity index is 2.30. The third-order valence-electron chi connectivity index (χ3n) is 2.43. The molecule has 6 nitrogen and oxygen atoms in total. The molecule has 0 fully saturated rings. The van der Waals surface area contributed by atoms with Gasteiger partial charge >= 0.3 is 5.97 Å². The standard InChI is InChI=1S/C13H17NO5/c1-9-2-4-10(5-3-9)19-7-6-12(16)14-11(8-15)13(17)18/h2-5,11,15H,6-8H2,1H3,(H,14,16)(H,17,18)/t11-/m1/s1. The summed E-state index contributed by atoms with van der Waals surface area (Å²) in [6.07, 6.45) is 0.0255. The van der Waals surface area contributed by atoms with Gasteiger partial charge in [0.2, 0.25) is 5.91 Å². The maximum Gasteiger partial charge on any atom is 0.328 e. The molecule has 0 saturated carbocycles. The quantitative estimate of drug-likeness (QED) is 0.661. The van der Waals surface area contributed by atoms with Gasteiger partial charge in [0.05, 0.1) is 19.6 Å². The molecule has 19 heavy (non-hydrogen) atoms. The number of aliphatic carboxylic acids is 1. The molecule has 1 aromatic carbocycles. The summed E-state index contributed by atoms with van der Waals surface area (Å²) in [7, 11) is 0. The van der Waals surface area contributed by atoms with Gasteiger partial charge in [-0.1, -0.05) is 17.7 Å². The molecule has 0 aromatic heterocycles. The minimum absolute atomic E-state index is 0.0255. The van der Waals surface area contributed by atoms with E-state index < -0.39 is 24.5 Å². The summed E-state index contributed by atoms with van der Waals surface area (Å²) in [5, 5.41) is 19.6. The third-order valence-corrected chi connectivity index (χ3v) is 2.43. The monoisotopic (exact) mass is 267 g/mol. The van der Waals surface area contributed by atoms with Crippen LogP contribution in [0.5, 0.6) is 5.75 Å². The first-order valence-corrected chi connectivity index (χ1v) is 5.85. The lowest BCUT2D eigenvalue weighted by Gasteiger charge is -2.12. The maximum absolute atomic E-state index is 11.4. The van der Waals surface area contributed by atoms with Crippen molar-refractivity contribution in [1.82, 2.24) is 5.32 Å². The molecule has 0 spiro atoms. The summed E-state index contributed by atoms with van der Waals surface area (Å²) < 4.78 is 5.34. The van der Waals surface area contributed by atoms with E-state index in [0.29, 0.717) is 5.75 Å². The van der Waals surface area contributed by atoms with Crippen LogP contribution in [0.2, 0.25) is 0 Å².